The number of hydrogen-bond donors (Lipinski definition) is 1. The van der Waals surface area contributed by atoms with Gasteiger partial charge in [-0.05, 0) is 44.0 Å². The second kappa shape index (κ2) is 5.66. The van der Waals surface area contributed by atoms with E-state index in [-0.39, 0.29) is 18.0 Å². The zero-order valence-electron chi connectivity index (χ0n) is 9.74. The zero-order valence-corrected chi connectivity index (χ0v) is 9.74. The number of ether oxygens (including phenoxy) is 1. The summed E-state index contributed by atoms with van der Waals surface area (Å²) in [6.07, 6.45) is 2.19. The van der Waals surface area contributed by atoms with Crippen molar-refractivity contribution in [1.29, 1.82) is 0 Å². The minimum absolute atomic E-state index is 0.0248. The molecule has 1 aromatic rings. The molecule has 0 aliphatic heterocycles. The van der Waals surface area contributed by atoms with Gasteiger partial charge in [-0.3, -0.25) is 0 Å². The molecule has 1 aromatic carbocycles. The van der Waals surface area contributed by atoms with Crippen LogP contribution in [0.5, 0.6) is 5.75 Å². The van der Waals surface area contributed by atoms with Crippen molar-refractivity contribution in [3.8, 4) is 5.75 Å². The lowest BCUT2D eigenvalue weighted by molar-refractivity contribution is 0.266. The van der Waals surface area contributed by atoms with Crippen LogP contribution in [0.25, 0.3) is 0 Å². The summed E-state index contributed by atoms with van der Waals surface area (Å²) in [5, 5.41) is 0. The van der Waals surface area contributed by atoms with E-state index in [1.165, 1.54) is 12.1 Å². The van der Waals surface area contributed by atoms with Gasteiger partial charge in [0.05, 0.1) is 0 Å². The Morgan fingerprint density at radius 1 is 1.50 bits per heavy atom. The number of benzene rings is 1. The highest BCUT2D eigenvalue weighted by Gasteiger charge is 2.09. The van der Waals surface area contributed by atoms with Gasteiger partial charge >= 0.3 is 0 Å². The van der Waals surface area contributed by atoms with Crippen molar-refractivity contribution in [2.24, 2.45) is 5.73 Å². The van der Waals surface area contributed by atoms with Crippen LogP contribution in [0.2, 0.25) is 0 Å². The van der Waals surface area contributed by atoms with Crippen LogP contribution < -0.4 is 10.5 Å². The Bertz CT molecular complexity index is 363. The Labute approximate surface area is 95.9 Å². The molecule has 0 bridgehead atoms. The van der Waals surface area contributed by atoms with Gasteiger partial charge in [-0.2, -0.15) is 0 Å². The third kappa shape index (κ3) is 3.66. The molecule has 3 heteroatoms. The molecular weight excluding hydrogens is 205 g/mol. The van der Waals surface area contributed by atoms with E-state index >= 15 is 0 Å². The standard InChI is InChI=1S/C13H18FNO/c1-4-10(3)16-13-6-5-12(14)8-11(13)7-9(2)15/h4-6,8-10H,1,7,15H2,2-3H3. The van der Waals surface area contributed by atoms with Crippen molar-refractivity contribution in [1.82, 2.24) is 0 Å². The Hall–Kier alpha value is -1.35. The van der Waals surface area contributed by atoms with Gasteiger partial charge in [-0.25, -0.2) is 4.39 Å². The van der Waals surface area contributed by atoms with E-state index in [9.17, 15) is 4.39 Å². The first-order valence-electron chi connectivity index (χ1n) is 5.36. The van der Waals surface area contributed by atoms with E-state index in [0.717, 1.165) is 5.56 Å². The van der Waals surface area contributed by atoms with Crippen LogP contribution in [0, 0.1) is 5.82 Å². The monoisotopic (exact) mass is 223 g/mol. The molecule has 0 heterocycles. The molecule has 1 rings (SSSR count). The van der Waals surface area contributed by atoms with Crippen LogP contribution in [0.1, 0.15) is 19.4 Å². The molecule has 2 nitrogen and oxygen atoms in total. The average Bonchev–Trinajstić information content (AvgIpc) is 2.21. The van der Waals surface area contributed by atoms with E-state index in [2.05, 4.69) is 6.58 Å². The molecule has 0 amide bonds. The Balaban J connectivity index is 2.92. The van der Waals surface area contributed by atoms with Gasteiger partial charge in [0.25, 0.3) is 0 Å². The van der Waals surface area contributed by atoms with Crippen LogP contribution in [0.15, 0.2) is 30.9 Å². The lowest BCUT2D eigenvalue weighted by atomic mass is 10.1. The number of halogens is 1. The summed E-state index contributed by atoms with van der Waals surface area (Å²) in [7, 11) is 0. The van der Waals surface area contributed by atoms with Gasteiger partial charge in [0.15, 0.2) is 0 Å². The predicted octanol–water partition coefficient (Wildman–Crippen LogP) is 2.67. The summed E-state index contributed by atoms with van der Waals surface area (Å²) < 4.78 is 18.7. The highest BCUT2D eigenvalue weighted by atomic mass is 19.1. The zero-order chi connectivity index (χ0) is 12.1. The van der Waals surface area contributed by atoms with Gasteiger partial charge in [-0.15, -0.1) is 0 Å². The first-order valence-corrected chi connectivity index (χ1v) is 5.36. The summed E-state index contributed by atoms with van der Waals surface area (Å²) in [4.78, 5) is 0. The molecule has 2 unspecified atom stereocenters. The minimum atomic E-state index is -0.269. The molecule has 16 heavy (non-hydrogen) atoms. The third-order valence-corrected chi connectivity index (χ3v) is 2.21. The Morgan fingerprint density at radius 3 is 2.75 bits per heavy atom. The SMILES string of the molecule is C=CC(C)Oc1ccc(F)cc1CC(C)N. The first kappa shape index (κ1) is 12.7. The van der Waals surface area contributed by atoms with Crippen LogP contribution in [-0.4, -0.2) is 12.1 Å². The van der Waals surface area contributed by atoms with E-state index in [0.29, 0.717) is 12.2 Å². The van der Waals surface area contributed by atoms with Crippen molar-refractivity contribution < 1.29 is 9.13 Å². The fourth-order valence-corrected chi connectivity index (χ4v) is 1.42. The Morgan fingerprint density at radius 2 is 2.19 bits per heavy atom. The second-order valence-electron chi connectivity index (χ2n) is 3.99. The van der Waals surface area contributed by atoms with Gasteiger partial charge < -0.3 is 10.5 Å². The molecule has 2 N–H and O–H groups in total. The lowest BCUT2D eigenvalue weighted by Crippen LogP contribution is -2.19. The van der Waals surface area contributed by atoms with Crippen LogP contribution >= 0.6 is 0 Å². The maximum Gasteiger partial charge on any atom is 0.123 e. The summed E-state index contributed by atoms with van der Waals surface area (Å²) in [6, 6.07) is 4.46. The highest BCUT2D eigenvalue weighted by Crippen LogP contribution is 2.22. The normalized spacial score (nSPS) is 14.2. The van der Waals surface area contributed by atoms with E-state index in [4.69, 9.17) is 10.5 Å². The average molecular weight is 223 g/mol. The van der Waals surface area contributed by atoms with Crippen LogP contribution in [0.3, 0.4) is 0 Å². The topological polar surface area (TPSA) is 35.2 Å². The van der Waals surface area contributed by atoms with Gasteiger partial charge in [0.1, 0.15) is 17.7 Å². The molecule has 0 radical (unpaired) electrons. The maximum atomic E-state index is 13.1. The summed E-state index contributed by atoms with van der Waals surface area (Å²) in [5.41, 5.74) is 6.50. The van der Waals surface area contributed by atoms with Crippen molar-refractivity contribution >= 4 is 0 Å². The summed E-state index contributed by atoms with van der Waals surface area (Å²) >= 11 is 0. The third-order valence-electron chi connectivity index (χ3n) is 2.21. The number of hydrogen-bond acceptors (Lipinski definition) is 2. The maximum absolute atomic E-state index is 13.1. The van der Waals surface area contributed by atoms with E-state index in [1.54, 1.807) is 12.1 Å². The minimum Gasteiger partial charge on any atom is -0.486 e. The van der Waals surface area contributed by atoms with Crippen LogP contribution in [0.4, 0.5) is 4.39 Å². The first-order chi connectivity index (χ1) is 7.52. The molecular formula is C13H18FNO. The molecule has 0 aromatic heterocycles. The smallest absolute Gasteiger partial charge is 0.123 e. The van der Waals surface area contributed by atoms with E-state index < -0.39 is 0 Å². The summed E-state index contributed by atoms with van der Waals surface area (Å²) in [6.45, 7) is 7.40. The van der Waals surface area contributed by atoms with Crippen molar-refractivity contribution in [2.45, 2.75) is 32.4 Å². The molecule has 0 saturated carbocycles. The molecule has 0 spiro atoms. The Kier molecular flexibility index (Phi) is 4.50. The largest absolute Gasteiger partial charge is 0.486 e. The van der Waals surface area contributed by atoms with E-state index in [1.807, 2.05) is 13.8 Å². The van der Waals surface area contributed by atoms with Crippen molar-refractivity contribution in [3.05, 3.63) is 42.2 Å². The molecule has 88 valence electrons. The van der Waals surface area contributed by atoms with Crippen LogP contribution in [-0.2, 0) is 6.42 Å². The number of nitrogens with two attached hydrogens (primary N) is 1. The van der Waals surface area contributed by atoms with Gasteiger partial charge in [-0.1, -0.05) is 12.7 Å². The molecule has 0 aliphatic rings. The summed E-state index contributed by atoms with van der Waals surface area (Å²) in [5.74, 6) is 0.403. The highest BCUT2D eigenvalue weighted by molar-refractivity contribution is 5.35. The molecule has 0 fully saturated rings. The fraction of sp³-hybridized carbons (Fsp3) is 0.385. The van der Waals surface area contributed by atoms with Crippen molar-refractivity contribution in [3.63, 3.8) is 0 Å². The van der Waals surface area contributed by atoms with Gasteiger partial charge in [0.2, 0.25) is 0 Å². The second-order valence-corrected chi connectivity index (χ2v) is 3.99. The molecule has 0 aliphatic carbocycles. The van der Waals surface area contributed by atoms with Gasteiger partial charge in [0, 0.05) is 6.04 Å². The molecule has 0 saturated heterocycles. The van der Waals surface area contributed by atoms with Crippen molar-refractivity contribution in [2.75, 3.05) is 0 Å². The number of rotatable bonds is 5. The fourth-order valence-electron chi connectivity index (χ4n) is 1.42. The quantitative estimate of drug-likeness (QED) is 0.779. The lowest BCUT2D eigenvalue weighted by Gasteiger charge is -2.16. The molecule has 2 atom stereocenters. The predicted molar refractivity (Wildman–Crippen MR) is 64.0 cm³/mol.